The molecule has 1 N–H and O–H groups in total. The van der Waals surface area contributed by atoms with E-state index in [4.69, 9.17) is 4.74 Å². The van der Waals surface area contributed by atoms with Gasteiger partial charge in [0.05, 0.1) is 19.0 Å². The van der Waals surface area contributed by atoms with E-state index in [1.165, 1.54) is 0 Å². The van der Waals surface area contributed by atoms with Crippen LogP contribution in [0.3, 0.4) is 0 Å². The summed E-state index contributed by atoms with van der Waals surface area (Å²) >= 11 is 0. The molecule has 1 saturated heterocycles. The van der Waals surface area contributed by atoms with E-state index in [9.17, 15) is 13.2 Å². The van der Waals surface area contributed by atoms with Gasteiger partial charge >= 0.3 is 0 Å². The Balaban J connectivity index is 2.11. The van der Waals surface area contributed by atoms with Crippen molar-refractivity contribution in [3.05, 3.63) is 35.4 Å². The molecule has 7 heteroatoms. The van der Waals surface area contributed by atoms with Gasteiger partial charge in [-0.3, -0.25) is 4.79 Å². The van der Waals surface area contributed by atoms with Crippen molar-refractivity contribution in [3.63, 3.8) is 0 Å². The zero-order chi connectivity index (χ0) is 17.7. The summed E-state index contributed by atoms with van der Waals surface area (Å²) in [4.78, 5) is 14.4. The van der Waals surface area contributed by atoms with Crippen molar-refractivity contribution in [2.75, 3.05) is 26.3 Å². The minimum absolute atomic E-state index is 0.126. The Kier molecular flexibility index (Phi) is 6.37. The summed E-state index contributed by atoms with van der Waals surface area (Å²) in [6.45, 7) is 7.56. The number of sulfonamides is 1. The van der Waals surface area contributed by atoms with Crippen LogP contribution in [0.2, 0.25) is 0 Å². The fourth-order valence-electron chi connectivity index (χ4n) is 2.66. The molecule has 0 saturated carbocycles. The van der Waals surface area contributed by atoms with E-state index < -0.39 is 16.1 Å². The van der Waals surface area contributed by atoms with Crippen LogP contribution < -0.4 is 4.72 Å². The minimum Gasteiger partial charge on any atom is -0.378 e. The lowest BCUT2D eigenvalue weighted by Gasteiger charge is -2.32. The lowest BCUT2D eigenvalue weighted by atomic mass is 10.0. The molecule has 2 rings (SSSR count). The van der Waals surface area contributed by atoms with Crippen molar-refractivity contribution < 1.29 is 17.9 Å². The van der Waals surface area contributed by atoms with Crippen molar-refractivity contribution >= 4 is 15.9 Å². The van der Waals surface area contributed by atoms with Crippen LogP contribution in [0.25, 0.3) is 0 Å². The van der Waals surface area contributed by atoms with Crippen LogP contribution in [0.4, 0.5) is 0 Å². The smallest absolute Gasteiger partial charge is 0.241 e. The molecule has 1 amide bonds. The maximum Gasteiger partial charge on any atom is 0.241 e. The van der Waals surface area contributed by atoms with Gasteiger partial charge in [0, 0.05) is 13.1 Å². The molecule has 1 aliphatic rings. The molecule has 1 aromatic carbocycles. The first-order valence-corrected chi connectivity index (χ1v) is 9.86. The summed E-state index contributed by atoms with van der Waals surface area (Å²) in [5.41, 5.74) is 1.66. The van der Waals surface area contributed by atoms with Gasteiger partial charge in [-0.15, -0.1) is 0 Å². The standard InChI is InChI=1S/C17H26N2O4S/c1-13(2)16(17(20)19-8-10-23-11-9-19)18-24(21,22)12-15-7-5-4-6-14(15)3/h4-7,13,16,18H,8-12H2,1-3H3/t16-/m0/s1. The third-order valence-electron chi connectivity index (χ3n) is 4.17. The molecule has 0 aliphatic carbocycles. The second-order valence-corrected chi connectivity index (χ2v) is 8.22. The summed E-state index contributed by atoms with van der Waals surface area (Å²) in [7, 11) is -3.61. The first-order chi connectivity index (χ1) is 11.3. The van der Waals surface area contributed by atoms with Crippen molar-refractivity contribution in [1.82, 2.24) is 9.62 Å². The van der Waals surface area contributed by atoms with Crippen molar-refractivity contribution in [2.45, 2.75) is 32.6 Å². The Morgan fingerprint density at radius 2 is 1.88 bits per heavy atom. The zero-order valence-corrected chi connectivity index (χ0v) is 15.3. The molecule has 6 nitrogen and oxygen atoms in total. The summed E-state index contributed by atoms with van der Waals surface area (Å²) in [6, 6.07) is 6.61. The number of ether oxygens (including phenoxy) is 1. The Morgan fingerprint density at radius 3 is 2.46 bits per heavy atom. The number of hydrogen-bond donors (Lipinski definition) is 1. The van der Waals surface area contributed by atoms with E-state index in [1.807, 2.05) is 39.0 Å². The van der Waals surface area contributed by atoms with Gasteiger partial charge < -0.3 is 9.64 Å². The maximum absolute atomic E-state index is 12.7. The van der Waals surface area contributed by atoms with Crippen molar-refractivity contribution in [3.8, 4) is 0 Å². The molecular weight excluding hydrogens is 328 g/mol. The number of amides is 1. The highest BCUT2D eigenvalue weighted by atomic mass is 32.2. The molecule has 0 radical (unpaired) electrons. The average molecular weight is 354 g/mol. The summed E-state index contributed by atoms with van der Waals surface area (Å²) in [5, 5.41) is 0. The molecule has 1 aliphatic heterocycles. The van der Waals surface area contributed by atoms with Crippen molar-refractivity contribution in [2.24, 2.45) is 5.92 Å². The van der Waals surface area contributed by atoms with E-state index in [0.29, 0.717) is 26.3 Å². The topological polar surface area (TPSA) is 75.7 Å². The van der Waals surface area contributed by atoms with E-state index >= 15 is 0 Å². The van der Waals surface area contributed by atoms with Crippen LogP contribution in [0, 0.1) is 12.8 Å². The van der Waals surface area contributed by atoms with Crippen LogP contribution in [-0.4, -0.2) is 51.6 Å². The molecule has 1 atom stereocenters. The molecule has 0 bridgehead atoms. The molecule has 0 aromatic heterocycles. The van der Waals surface area contributed by atoms with Crippen LogP contribution in [0.15, 0.2) is 24.3 Å². The van der Waals surface area contributed by atoms with Gasteiger partial charge in [0.15, 0.2) is 0 Å². The normalized spacial score (nSPS) is 17.1. The van der Waals surface area contributed by atoms with Gasteiger partial charge in [0.25, 0.3) is 0 Å². The summed E-state index contributed by atoms with van der Waals surface area (Å²) in [6.07, 6.45) is 0. The number of rotatable bonds is 6. The number of hydrogen-bond acceptors (Lipinski definition) is 4. The molecule has 134 valence electrons. The molecule has 0 unspecified atom stereocenters. The number of benzene rings is 1. The molecular formula is C17H26N2O4S. The molecule has 1 heterocycles. The van der Waals surface area contributed by atoms with E-state index in [1.54, 1.807) is 11.0 Å². The Bertz CT molecular complexity index is 667. The predicted molar refractivity (Wildman–Crippen MR) is 93.0 cm³/mol. The number of carbonyl (C=O) groups excluding carboxylic acids is 1. The van der Waals surface area contributed by atoms with Crippen molar-refractivity contribution in [1.29, 1.82) is 0 Å². The van der Waals surface area contributed by atoms with Crippen LogP contribution >= 0.6 is 0 Å². The Labute approximate surface area is 144 Å². The minimum atomic E-state index is -3.61. The van der Waals surface area contributed by atoms with Crippen LogP contribution in [-0.2, 0) is 25.3 Å². The van der Waals surface area contributed by atoms with Gasteiger partial charge in [-0.2, -0.15) is 0 Å². The highest BCUT2D eigenvalue weighted by Gasteiger charge is 2.31. The van der Waals surface area contributed by atoms with Crippen LogP contribution in [0.5, 0.6) is 0 Å². The number of carbonyl (C=O) groups is 1. The van der Waals surface area contributed by atoms with Crippen LogP contribution in [0.1, 0.15) is 25.0 Å². The van der Waals surface area contributed by atoms with Gasteiger partial charge in [0.2, 0.25) is 15.9 Å². The summed E-state index contributed by atoms with van der Waals surface area (Å²) < 4.78 is 33.0. The van der Waals surface area contributed by atoms with Gasteiger partial charge in [-0.05, 0) is 24.0 Å². The Morgan fingerprint density at radius 1 is 1.25 bits per heavy atom. The van der Waals surface area contributed by atoms with E-state index in [-0.39, 0.29) is 17.6 Å². The number of nitrogens with zero attached hydrogens (tertiary/aromatic N) is 1. The van der Waals surface area contributed by atoms with Gasteiger partial charge in [-0.25, -0.2) is 13.1 Å². The van der Waals surface area contributed by atoms with Gasteiger partial charge in [0.1, 0.15) is 6.04 Å². The number of nitrogens with one attached hydrogen (secondary N) is 1. The third-order valence-corrected chi connectivity index (χ3v) is 5.47. The highest BCUT2D eigenvalue weighted by molar-refractivity contribution is 7.88. The monoisotopic (exact) mass is 354 g/mol. The SMILES string of the molecule is Cc1ccccc1CS(=O)(=O)N[C@H](C(=O)N1CCOCC1)C(C)C. The maximum atomic E-state index is 12.7. The second-order valence-electron chi connectivity index (χ2n) is 6.46. The molecule has 1 fully saturated rings. The molecule has 1 aromatic rings. The number of morpholine rings is 1. The molecule has 24 heavy (non-hydrogen) atoms. The average Bonchev–Trinajstić information content (AvgIpc) is 2.55. The van der Waals surface area contributed by atoms with E-state index in [0.717, 1.165) is 11.1 Å². The largest absolute Gasteiger partial charge is 0.378 e. The fraction of sp³-hybridized carbons (Fsp3) is 0.588. The number of aryl methyl sites for hydroxylation is 1. The van der Waals surface area contributed by atoms with E-state index in [2.05, 4.69) is 4.72 Å². The first kappa shape index (κ1) is 18.9. The zero-order valence-electron chi connectivity index (χ0n) is 14.5. The quantitative estimate of drug-likeness (QED) is 0.835. The lowest BCUT2D eigenvalue weighted by molar-refractivity contribution is -0.138. The third kappa shape index (κ3) is 5.03. The molecule has 0 spiro atoms. The highest BCUT2D eigenvalue weighted by Crippen LogP contribution is 2.14. The predicted octanol–water partition coefficient (Wildman–Crippen LogP) is 1.30. The van der Waals surface area contributed by atoms with Gasteiger partial charge in [-0.1, -0.05) is 38.1 Å². The summed E-state index contributed by atoms with van der Waals surface area (Å²) in [5.74, 6) is -0.437. The Hall–Kier alpha value is -1.44. The second kappa shape index (κ2) is 8.09. The fourth-order valence-corrected chi connectivity index (χ4v) is 4.24. The first-order valence-electron chi connectivity index (χ1n) is 8.21. The lowest BCUT2D eigenvalue weighted by Crippen LogP contribution is -2.53.